The summed E-state index contributed by atoms with van der Waals surface area (Å²) in [4.78, 5) is 0. The molecule has 1 aliphatic rings. The van der Waals surface area contributed by atoms with Crippen molar-refractivity contribution < 1.29 is 9.84 Å². The monoisotopic (exact) mass is 298 g/mol. The normalized spacial score (nSPS) is 14.6. The summed E-state index contributed by atoms with van der Waals surface area (Å²) in [7, 11) is 0. The SMILES string of the molecule is CCC(O)(CC)Cc1cc(Br)cc2c1OCC2. The molecule has 0 amide bonds. The summed E-state index contributed by atoms with van der Waals surface area (Å²) in [6, 6.07) is 4.18. The molecule has 0 saturated heterocycles. The highest BCUT2D eigenvalue weighted by molar-refractivity contribution is 9.10. The number of fused-ring (bicyclic) bond motifs is 1. The van der Waals surface area contributed by atoms with Gasteiger partial charge in [-0.1, -0.05) is 29.8 Å². The molecule has 17 heavy (non-hydrogen) atoms. The minimum absolute atomic E-state index is 0.611. The highest BCUT2D eigenvalue weighted by Gasteiger charge is 2.27. The minimum Gasteiger partial charge on any atom is -0.493 e. The highest BCUT2D eigenvalue weighted by Crippen LogP contribution is 2.36. The fraction of sp³-hybridized carbons (Fsp3) is 0.571. The Labute approximate surface area is 111 Å². The van der Waals surface area contributed by atoms with Crippen molar-refractivity contribution in [1.29, 1.82) is 0 Å². The Balaban J connectivity index is 2.33. The minimum atomic E-state index is -0.611. The van der Waals surface area contributed by atoms with Gasteiger partial charge in [0, 0.05) is 17.3 Å². The Hall–Kier alpha value is -0.540. The molecule has 1 aromatic rings. The van der Waals surface area contributed by atoms with E-state index in [4.69, 9.17) is 4.74 Å². The van der Waals surface area contributed by atoms with E-state index >= 15 is 0 Å². The molecular weight excluding hydrogens is 280 g/mol. The van der Waals surface area contributed by atoms with Crippen LogP contribution < -0.4 is 4.74 Å². The Bertz CT molecular complexity index is 411. The molecule has 0 unspecified atom stereocenters. The van der Waals surface area contributed by atoms with Crippen LogP contribution in [0.15, 0.2) is 16.6 Å². The summed E-state index contributed by atoms with van der Waals surface area (Å²) in [6.45, 7) is 4.82. The van der Waals surface area contributed by atoms with Crippen LogP contribution in [0.3, 0.4) is 0 Å². The molecule has 0 saturated carbocycles. The molecule has 0 aromatic heterocycles. The third kappa shape index (κ3) is 2.66. The third-order valence-electron chi connectivity index (χ3n) is 3.66. The van der Waals surface area contributed by atoms with Crippen LogP contribution in [0.1, 0.15) is 37.8 Å². The topological polar surface area (TPSA) is 29.5 Å². The van der Waals surface area contributed by atoms with E-state index in [0.29, 0.717) is 6.42 Å². The van der Waals surface area contributed by atoms with E-state index < -0.39 is 5.60 Å². The molecule has 1 N–H and O–H groups in total. The van der Waals surface area contributed by atoms with Crippen molar-refractivity contribution in [3.05, 3.63) is 27.7 Å². The van der Waals surface area contributed by atoms with Crippen LogP contribution in [-0.2, 0) is 12.8 Å². The lowest BCUT2D eigenvalue weighted by Crippen LogP contribution is -2.29. The van der Waals surface area contributed by atoms with Gasteiger partial charge in [-0.15, -0.1) is 0 Å². The first kappa shape index (κ1) is 12.9. The molecule has 1 heterocycles. The van der Waals surface area contributed by atoms with Gasteiger partial charge in [0.1, 0.15) is 5.75 Å². The molecule has 0 bridgehead atoms. The quantitative estimate of drug-likeness (QED) is 0.922. The number of benzene rings is 1. The molecule has 0 radical (unpaired) electrons. The van der Waals surface area contributed by atoms with Gasteiger partial charge >= 0.3 is 0 Å². The van der Waals surface area contributed by atoms with Gasteiger partial charge in [0.15, 0.2) is 0 Å². The van der Waals surface area contributed by atoms with Gasteiger partial charge in [0.25, 0.3) is 0 Å². The summed E-state index contributed by atoms with van der Waals surface area (Å²) in [5.41, 5.74) is 1.77. The summed E-state index contributed by atoms with van der Waals surface area (Å²) in [5.74, 6) is 0.994. The van der Waals surface area contributed by atoms with Crippen molar-refractivity contribution in [2.45, 2.75) is 45.1 Å². The van der Waals surface area contributed by atoms with Gasteiger partial charge in [-0.3, -0.25) is 0 Å². The van der Waals surface area contributed by atoms with Gasteiger partial charge in [-0.05, 0) is 36.1 Å². The molecule has 94 valence electrons. The number of hydrogen-bond donors (Lipinski definition) is 1. The van der Waals surface area contributed by atoms with E-state index in [2.05, 4.69) is 28.1 Å². The van der Waals surface area contributed by atoms with Crippen LogP contribution in [0.2, 0.25) is 0 Å². The van der Waals surface area contributed by atoms with Crippen molar-refractivity contribution in [1.82, 2.24) is 0 Å². The second-order valence-electron chi connectivity index (χ2n) is 4.76. The first-order valence-corrected chi connectivity index (χ1v) is 7.04. The standard InChI is InChI=1S/C14H19BrO2/c1-3-14(16,4-2)9-11-8-12(15)7-10-5-6-17-13(10)11/h7-8,16H,3-6,9H2,1-2H3. The summed E-state index contributed by atoms with van der Waals surface area (Å²) in [5, 5.41) is 10.4. The molecule has 0 fully saturated rings. The molecule has 0 spiro atoms. The van der Waals surface area contributed by atoms with E-state index in [9.17, 15) is 5.11 Å². The third-order valence-corrected chi connectivity index (χ3v) is 4.12. The number of rotatable bonds is 4. The van der Waals surface area contributed by atoms with Crippen molar-refractivity contribution >= 4 is 15.9 Å². The van der Waals surface area contributed by atoms with E-state index in [1.807, 2.05) is 13.8 Å². The van der Waals surface area contributed by atoms with Crippen LogP contribution in [0.25, 0.3) is 0 Å². The van der Waals surface area contributed by atoms with Gasteiger partial charge in [0.2, 0.25) is 0 Å². The zero-order chi connectivity index (χ0) is 12.5. The van der Waals surface area contributed by atoms with Crippen LogP contribution in [0, 0.1) is 0 Å². The number of hydrogen-bond acceptors (Lipinski definition) is 2. The van der Waals surface area contributed by atoms with Gasteiger partial charge in [-0.2, -0.15) is 0 Å². The summed E-state index contributed by atoms with van der Waals surface area (Å²) < 4.78 is 6.76. The number of ether oxygens (including phenoxy) is 1. The van der Waals surface area contributed by atoms with E-state index in [1.54, 1.807) is 0 Å². The van der Waals surface area contributed by atoms with Crippen LogP contribution in [-0.4, -0.2) is 17.3 Å². The van der Waals surface area contributed by atoms with Crippen molar-refractivity contribution in [2.24, 2.45) is 0 Å². The average Bonchev–Trinajstić information content (AvgIpc) is 2.77. The van der Waals surface area contributed by atoms with E-state index in [1.165, 1.54) is 5.56 Å². The molecule has 0 atom stereocenters. The Kier molecular flexibility index (Phi) is 3.79. The lowest BCUT2D eigenvalue weighted by molar-refractivity contribution is 0.0321. The average molecular weight is 299 g/mol. The van der Waals surface area contributed by atoms with Gasteiger partial charge < -0.3 is 9.84 Å². The Morgan fingerprint density at radius 2 is 2.06 bits per heavy atom. The fourth-order valence-electron chi connectivity index (χ4n) is 2.33. The van der Waals surface area contributed by atoms with Gasteiger partial charge in [0.05, 0.1) is 12.2 Å². The molecule has 2 nitrogen and oxygen atoms in total. The van der Waals surface area contributed by atoms with Crippen LogP contribution in [0.5, 0.6) is 5.75 Å². The van der Waals surface area contributed by atoms with Crippen LogP contribution in [0.4, 0.5) is 0 Å². The maximum atomic E-state index is 10.4. The Morgan fingerprint density at radius 1 is 1.35 bits per heavy atom. The first-order valence-electron chi connectivity index (χ1n) is 6.24. The second-order valence-corrected chi connectivity index (χ2v) is 5.68. The first-order chi connectivity index (χ1) is 8.08. The van der Waals surface area contributed by atoms with E-state index in [-0.39, 0.29) is 0 Å². The maximum absolute atomic E-state index is 10.4. The van der Waals surface area contributed by atoms with Crippen molar-refractivity contribution in [2.75, 3.05) is 6.61 Å². The smallest absolute Gasteiger partial charge is 0.125 e. The number of halogens is 1. The lowest BCUT2D eigenvalue weighted by Gasteiger charge is -2.26. The molecule has 1 aliphatic heterocycles. The second kappa shape index (κ2) is 4.99. The molecule has 3 heteroatoms. The largest absolute Gasteiger partial charge is 0.493 e. The summed E-state index contributed by atoms with van der Waals surface area (Å²) in [6.07, 6.45) is 3.18. The van der Waals surface area contributed by atoms with E-state index in [0.717, 1.165) is 41.7 Å². The predicted molar refractivity (Wildman–Crippen MR) is 72.6 cm³/mol. The van der Waals surface area contributed by atoms with Crippen molar-refractivity contribution in [3.63, 3.8) is 0 Å². The molecule has 0 aliphatic carbocycles. The Morgan fingerprint density at radius 3 is 2.71 bits per heavy atom. The fourth-order valence-corrected chi connectivity index (χ4v) is 2.88. The van der Waals surface area contributed by atoms with Crippen LogP contribution >= 0.6 is 15.9 Å². The zero-order valence-electron chi connectivity index (χ0n) is 10.4. The summed E-state index contributed by atoms with van der Waals surface area (Å²) >= 11 is 3.53. The highest BCUT2D eigenvalue weighted by atomic mass is 79.9. The van der Waals surface area contributed by atoms with Gasteiger partial charge in [-0.25, -0.2) is 0 Å². The van der Waals surface area contributed by atoms with Crippen molar-refractivity contribution in [3.8, 4) is 5.75 Å². The molecule has 2 rings (SSSR count). The predicted octanol–water partition coefficient (Wildman–Crippen LogP) is 3.48. The molecular formula is C14H19BrO2. The maximum Gasteiger partial charge on any atom is 0.125 e. The number of aliphatic hydroxyl groups is 1. The zero-order valence-corrected chi connectivity index (χ0v) is 12.0. The molecule has 1 aromatic carbocycles. The lowest BCUT2D eigenvalue weighted by atomic mass is 9.88.